The van der Waals surface area contributed by atoms with Gasteiger partial charge in [0.2, 0.25) is 5.43 Å². The fraction of sp³-hybridized carbons (Fsp3) is 0.0690. The lowest BCUT2D eigenvalue weighted by atomic mass is 10.0. The third-order valence-corrected chi connectivity index (χ3v) is 8.28. The quantitative estimate of drug-likeness (QED) is 0.212. The van der Waals surface area contributed by atoms with Crippen LogP contribution < -0.4 is 18.5 Å². The largest absolute Gasteiger partial charge is 0.493 e. The van der Waals surface area contributed by atoms with Crippen LogP contribution in [0.3, 0.4) is 0 Å². The Balaban J connectivity index is 1.48. The van der Waals surface area contributed by atoms with E-state index in [0.29, 0.717) is 5.56 Å². The van der Waals surface area contributed by atoms with Crippen molar-refractivity contribution in [2.45, 2.75) is 16.7 Å². The molecule has 40 heavy (non-hydrogen) atoms. The zero-order valence-electron chi connectivity index (χ0n) is 21.0. The van der Waals surface area contributed by atoms with E-state index in [2.05, 4.69) is 0 Å². The van der Waals surface area contributed by atoms with Gasteiger partial charge in [0.15, 0.2) is 0 Å². The minimum absolute atomic E-state index is 0.0117. The van der Waals surface area contributed by atoms with Crippen molar-refractivity contribution in [1.82, 2.24) is 0 Å². The summed E-state index contributed by atoms with van der Waals surface area (Å²) in [5, 5.41) is 0.0933. The molecule has 0 fully saturated rings. The van der Waals surface area contributed by atoms with Crippen molar-refractivity contribution < 1.29 is 34.4 Å². The molecule has 0 radical (unpaired) electrons. The van der Waals surface area contributed by atoms with Crippen LogP contribution in [0.4, 0.5) is 0 Å². The monoisotopic (exact) mass is 578 g/mol. The SMILES string of the molecule is CCOc1cc(OS(=O)(=O)c2ccccc2)cc2occ(-c3ccc(OS(=O)(=O)c4ccccc4)cc3)c(=O)c12. The molecule has 5 aromatic rings. The normalized spacial score (nSPS) is 11.7. The number of fused-ring (bicyclic) bond motifs is 1. The first-order valence-corrected chi connectivity index (χ1v) is 14.8. The predicted octanol–water partition coefficient (Wildman–Crippen LogP) is 5.39. The molecule has 1 heterocycles. The lowest BCUT2D eigenvalue weighted by Gasteiger charge is -2.12. The Kier molecular flexibility index (Phi) is 7.33. The van der Waals surface area contributed by atoms with Gasteiger partial charge in [-0.2, -0.15) is 16.8 Å². The van der Waals surface area contributed by atoms with Gasteiger partial charge < -0.3 is 17.5 Å². The Labute approximate surface area is 230 Å². The summed E-state index contributed by atoms with van der Waals surface area (Å²) in [5.74, 6) is 0.0637. The minimum Gasteiger partial charge on any atom is -0.493 e. The van der Waals surface area contributed by atoms with Crippen LogP contribution in [0, 0.1) is 0 Å². The van der Waals surface area contributed by atoms with Gasteiger partial charge in [0.25, 0.3) is 0 Å². The molecule has 0 aliphatic rings. The Bertz CT molecular complexity index is 1930. The fourth-order valence-corrected chi connectivity index (χ4v) is 5.81. The van der Waals surface area contributed by atoms with E-state index in [4.69, 9.17) is 17.5 Å². The highest BCUT2D eigenvalue weighted by Gasteiger charge is 2.21. The molecular formula is C29H22O9S2. The third-order valence-electron chi connectivity index (χ3n) is 5.76. The summed E-state index contributed by atoms with van der Waals surface area (Å²) in [6.45, 7) is 1.91. The number of hydrogen-bond acceptors (Lipinski definition) is 9. The first-order valence-electron chi connectivity index (χ1n) is 12.0. The molecule has 204 valence electrons. The van der Waals surface area contributed by atoms with E-state index in [-0.39, 0.29) is 50.2 Å². The van der Waals surface area contributed by atoms with E-state index in [0.717, 1.165) is 0 Å². The predicted molar refractivity (Wildman–Crippen MR) is 148 cm³/mol. The standard InChI is InChI=1S/C29H22O9S2/c1-2-35-26-17-22(38-40(33,34)24-11-7-4-8-12-24)18-27-28(26)29(30)25(19-36-27)20-13-15-21(16-14-20)37-39(31,32)23-9-5-3-6-10-23/h3-19H,2H2,1H3. The topological polar surface area (TPSA) is 126 Å². The zero-order chi connectivity index (χ0) is 28.3. The smallest absolute Gasteiger partial charge is 0.339 e. The summed E-state index contributed by atoms with van der Waals surface area (Å²) >= 11 is 0. The van der Waals surface area contributed by atoms with Gasteiger partial charge in [0.1, 0.15) is 44.3 Å². The number of hydrogen-bond donors (Lipinski definition) is 0. The van der Waals surface area contributed by atoms with Crippen LogP contribution in [-0.2, 0) is 20.2 Å². The van der Waals surface area contributed by atoms with Crippen molar-refractivity contribution in [3.63, 3.8) is 0 Å². The highest BCUT2D eigenvalue weighted by atomic mass is 32.2. The first-order chi connectivity index (χ1) is 19.2. The van der Waals surface area contributed by atoms with Gasteiger partial charge in [-0.3, -0.25) is 4.79 Å². The Morgan fingerprint density at radius 2 is 1.25 bits per heavy atom. The Morgan fingerprint density at radius 3 is 1.80 bits per heavy atom. The molecule has 0 aliphatic carbocycles. The fourth-order valence-electron chi connectivity index (χ4n) is 3.92. The van der Waals surface area contributed by atoms with E-state index >= 15 is 0 Å². The van der Waals surface area contributed by atoms with Crippen LogP contribution in [0.15, 0.2) is 122 Å². The molecule has 0 bridgehead atoms. The summed E-state index contributed by atoms with van der Waals surface area (Å²) in [6, 6.07) is 23.9. The number of ether oxygens (including phenoxy) is 1. The molecule has 0 N–H and O–H groups in total. The van der Waals surface area contributed by atoms with Crippen LogP contribution in [0.1, 0.15) is 6.92 Å². The van der Waals surface area contributed by atoms with Gasteiger partial charge >= 0.3 is 20.2 Å². The maximum absolute atomic E-state index is 13.5. The van der Waals surface area contributed by atoms with Crippen LogP contribution in [-0.4, -0.2) is 23.4 Å². The van der Waals surface area contributed by atoms with Gasteiger partial charge in [-0.15, -0.1) is 0 Å². The second kappa shape index (κ2) is 10.9. The van der Waals surface area contributed by atoms with Crippen molar-refractivity contribution in [2.24, 2.45) is 0 Å². The second-order valence-corrected chi connectivity index (χ2v) is 11.5. The molecule has 0 spiro atoms. The molecule has 9 nitrogen and oxygen atoms in total. The zero-order valence-corrected chi connectivity index (χ0v) is 22.6. The van der Waals surface area contributed by atoms with Gasteiger partial charge in [-0.05, 0) is 48.9 Å². The molecule has 0 unspecified atom stereocenters. The molecule has 4 aromatic carbocycles. The molecule has 0 saturated heterocycles. The average molecular weight is 579 g/mol. The molecule has 11 heteroatoms. The molecule has 5 rings (SSSR count). The molecular weight excluding hydrogens is 556 g/mol. The molecule has 1 aromatic heterocycles. The molecule has 0 aliphatic heterocycles. The lowest BCUT2D eigenvalue weighted by Crippen LogP contribution is -2.11. The van der Waals surface area contributed by atoms with Gasteiger partial charge in [0.05, 0.1) is 12.2 Å². The lowest BCUT2D eigenvalue weighted by molar-refractivity contribution is 0.342. The number of rotatable bonds is 9. The van der Waals surface area contributed by atoms with Gasteiger partial charge in [-0.25, -0.2) is 0 Å². The van der Waals surface area contributed by atoms with E-state index in [9.17, 15) is 21.6 Å². The molecule has 0 atom stereocenters. The van der Waals surface area contributed by atoms with Crippen LogP contribution in [0.25, 0.3) is 22.1 Å². The van der Waals surface area contributed by atoms with Gasteiger partial charge in [0, 0.05) is 12.1 Å². The van der Waals surface area contributed by atoms with Crippen LogP contribution >= 0.6 is 0 Å². The number of benzene rings is 4. The first kappa shape index (κ1) is 27.0. The van der Waals surface area contributed by atoms with Crippen molar-refractivity contribution >= 4 is 31.2 Å². The van der Waals surface area contributed by atoms with Crippen LogP contribution in [0.2, 0.25) is 0 Å². The van der Waals surface area contributed by atoms with E-state index in [1.54, 1.807) is 43.3 Å². The van der Waals surface area contributed by atoms with Crippen LogP contribution in [0.5, 0.6) is 17.2 Å². The molecule has 0 amide bonds. The third kappa shape index (κ3) is 5.56. The Hall–Kier alpha value is -4.61. The summed E-state index contributed by atoms with van der Waals surface area (Å²) in [6.07, 6.45) is 1.23. The maximum Gasteiger partial charge on any atom is 0.339 e. The van der Waals surface area contributed by atoms with Crippen molar-refractivity contribution in [2.75, 3.05) is 6.61 Å². The Morgan fingerprint density at radius 1 is 0.700 bits per heavy atom. The van der Waals surface area contributed by atoms with E-state index < -0.39 is 25.7 Å². The van der Waals surface area contributed by atoms with Crippen molar-refractivity contribution in [3.05, 3.63) is 114 Å². The summed E-state index contributed by atoms with van der Waals surface area (Å²) in [7, 11) is -8.17. The van der Waals surface area contributed by atoms with E-state index in [1.165, 1.54) is 66.9 Å². The highest BCUT2D eigenvalue weighted by molar-refractivity contribution is 7.87. The van der Waals surface area contributed by atoms with Gasteiger partial charge in [-0.1, -0.05) is 48.5 Å². The highest BCUT2D eigenvalue weighted by Crippen LogP contribution is 2.33. The molecule has 0 saturated carbocycles. The maximum atomic E-state index is 13.5. The second-order valence-electron chi connectivity index (χ2n) is 8.43. The van der Waals surface area contributed by atoms with Crippen molar-refractivity contribution in [1.29, 1.82) is 0 Å². The summed E-state index contributed by atoms with van der Waals surface area (Å²) < 4.78 is 72.3. The summed E-state index contributed by atoms with van der Waals surface area (Å²) in [5.41, 5.74) is 0.241. The minimum atomic E-state index is -4.14. The van der Waals surface area contributed by atoms with Crippen molar-refractivity contribution in [3.8, 4) is 28.4 Å². The summed E-state index contributed by atoms with van der Waals surface area (Å²) in [4.78, 5) is 13.5. The average Bonchev–Trinajstić information content (AvgIpc) is 2.94. The van der Waals surface area contributed by atoms with E-state index in [1.807, 2.05) is 0 Å².